The number of hydrogen-bond donors (Lipinski definition) is 1. The average Bonchev–Trinajstić information content (AvgIpc) is 2.58. The molecule has 0 fully saturated rings. The molecule has 1 unspecified atom stereocenters. The minimum atomic E-state index is -0.782. The number of aliphatic hydroxyl groups is 1. The van der Waals surface area contributed by atoms with Crippen molar-refractivity contribution in [1.29, 1.82) is 0 Å². The molecule has 1 atom stereocenters. The highest BCUT2D eigenvalue weighted by atomic mass is 127. The van der Waals surface area contributed by atoms with Gasteiger partial charge < -0.3 is 5.11 Å². The van der Waals surface area contributed by atoms with Crippen LogP contribution in [0.3, 0.4) is 0 Å². The summed E-state index contributed by atoms with van der Waals surface area (Å²) < 4.78 is 15.4. The Morgan fingerprint density at radius 1 is 1.47 bits per heavy atom. The lowest BCUT2D eigenvalue weighted by Gasteiger charge is -2.14. The summed E-state index contributed by atoms with van der Waals surface area (Å²) in [6.45, 7) is 1.89. The molecule has 1 heterocycles. The number of aliphatic hydroxyl groups excluding tert-OH is 1. The highest BCUT2D eigenvalue weighted by Crippen LogP contribution is 2.28. The molecule has 0 aliphatic rings. The minimum Gasteiger partial charge on any atom is -0.382 e. The third kappa shape index (κ3) is 2.35. The van der Waals surface area contributed by atoms with E-state index in [4.69, 9.17) is 0 Å². The summed E-state index contributed by atoms with van der Waals surface area (Å²) in [6.07, 6.45) is 0.921. The van der Waals surface area contributed by atoms with E-state index in [1.807, 2.05) is 29.5 Å². The normalized spacial score (nSPS) is 12.8. The summed E-state index contributed by atoms with van der Waals surface area (Å²) in [6, 6.07) is 4.37. The van der Waals surface area contributed by atoms with Crippen LogP contribution in [0.1, 0.15) is 22.9 Å². The first-order valence-corrected chi connectivity index (χ1v) is 6.20. The third-order valence-corrected chi connectivity index (χ3v) is 3.63. The lowest BCUT2D eigenvalue weighted by atomic mass is 10.0. The van der Waals surface area contributed by atoms with Crippen molar-refractivity contribution in [2.45, 2.75) is 13.0 Å². The van der Waals surface area contributed by atoms with E-state index in [9.17, 15) is 9.50 Å². The van der Waals surface area contributed by atoms with Gasteiger partial charge >= 0.3 is 0 Å². The quantitative estimate of drug-likeness (QED) is 0.849. The zero-order valence-electron chi connectivity index (χ0n) is 9.48. The number of hydrogen-bond acceptors (Lipinski definition) is 2. The largest absolute Gasteiger partial charge is 0.382 e. The maximum atomic E-state index is 13.0. The van der Waals surface area contributed by atoms with Gasteiger partial charge in [0.25, 0.3) is 0 Å². The highest BCUT2D eigenvalue weighted by Gasteiger charge is 2.19. The molecule has 0 radical (unpaired) electrons. The fourth-order valence-corrected chi connectivity index (χ4v) is 2.59. The molecule has 1 aromatic heterocycles. The van der Waals surface area contributed by atoms with Gasteiger partial charge in [-0.3, -0.25) is 4.68 Å². The predicted molar refractivity (Wildman–Crippen MR) is 71.1 cm³/mol. The smallest absolute Gasteiger partial charge is 0.124 e. The van der Waals surface area contributed by atoms with Gasteiger partial charge in [0.1, 0.15) is 11.9 Å². The first-order valence-electron chi connectivity index (χ1n) is 5.12. The SMILES string of the molecule is Cc1cnn(C)c1C(O)c1ccc(F)cc1I. The molecule has 0 saturated heterocycles. The van der Waals surface area contributed by atoms with E-state index < -0.39 is 6.10 Å². The Hall–Kier alpha value is -0.950. The van der Waals surface area contributed by atoms with Crippen molar-refractivity contribution in [1.82, 2.24) is 9.78 Å². The summed E-state index contributed by atoms with van der Waals surface area (Å²) in [4.78, 5) is 0. The first kappa shape index (κ1) is 12.5. The lowest BCUT2D eigenvalue weighted by Crippen LogP contribution is -2.09. The van der Waals surface area contributed by atoms with Gasteiger partial charge in [-0.25, -0.2) is 4.39 Å². The number of halogens is 2. The van der Waals surface area contributed by atoms with Crippen LogP contribution in [-0.2, 0) is 7.05 Å². The van der Waals surface area contributed by atoms with Crippen LogP contribution in [-0.4, -0.2) is 14.9 Å². The van der Waals surface area contributed by atoms with Gasteiger partial charge in [0.05, 0.1) is 11.9 Å². The van der Waals surface area contributed by atoms with Crippen LogP contribution < -0.4 is 0 Å². The minimum absolute atomic E-state index is 0.299. The third-order valence-electron chi connectivity index (χ3n) is 2.69. The topological polar surface area (TPSA) is 38.0 Å². The van der Waals surface area contributed by atoms with Gasteiger partial charge in [-0.15, -0.1) is 0 Å². The number of aryl methyl sites for hydroxylation is 2. The molecular formula is C12H12FIN2O. The van der Waals surface area contributed by atoms with Crippen molar-refractivity contribution in [3.63, 3.8) is 0 Å². The number of aromatic nitrogens is 2. The molecule has 0 aliphatic heterocycles. The molecule has 2 rings (SSSR count). The number of benzene rings is 1. The first-order chi connectivity index (χ1) is 8.00. The predicted octanol–water partition coefficient (Wildman–Crippen LogP) is 2.55. The molecule has 0 spiro atoms. The maximum absolute atomic E-state index is 13.0. The van der Waals surface area contributed by atoms with Gasteiger partial charge in [-0.05, 0) is 47.2 Å². The van der Waals surface area contributed by atoms with E-state index in [2.05, 4.69) is 5.10 Å². The van der Waals surface area contributed by atoms with Crippen LogP contribution in [0.15, 0.2) is 24.4 Å². The van der Waals surface area contributed by atoms with Crippen LogP contribution >= 0.6 is 22.6 Å². The van der Waals surface area contributed by atoms with E-state index >= 15 is 0 Å². The standard InChI is InChI=1S/C12H12FIN2O/c1-7-6-15-16(2)11(7)12(17)9-4-3-8(13)5-10(9)14/h3-6,12,17H,1-2H3. The van der Waals surface area contributed by atoms with E-state index in [-0.39, 0.29) is 5.82 Å². The van der Waals surface area contributed by atoms with Crippen molar-refractivity contribution in [2.24, 2.45) is 7.05 Å². The summed E-state index contributed by atoms with van der Waals surface area (Å²) in [5, 5.41) is 14.4. The Morgan fingerprint density at radius 2 is 2.18 bits per heavy atom. The molecule has 0 amide bonds. The van der Waals surface area contributed by atoms with Crippen LogP contribution in [0.2, 0.25) is 0 Å². The van der Waals surface area contributed by atoms with Gasteiger partial charge in [0.2, 0.25) is 0 Å². The molecule has 0 aliphatic carbocycles. The molecule has 2 aromatic rings. The van der Waals surface area contributed by atoms with Gasteiger partial charge in [0, 0.05) is 16.2 Å². The maximum Gasteiger partial charge on any atom is 0.124 e. The Morgan fingerprint density at radius 3 is 2.71 bits per heavy atom. The summed E-state index contributed by atoms with van der Waals surface area (Å²) >= 11 is 2.02. The van der Waals surface area contributed by atoms with Gasteiger partial charge in [-0.2, -0.15) is 5.10 Å². The van der Waals surface area contributed by atoms with Crippen LogP contribution in [0.5, 0.6) is 0 Å². The van der Waals surface area contributed by atoms with E-state index in [0.717, 1.165) is 11.3 Å². The van der Waals surface area contributed by atoms with Crippen molar-refractivity contribution in [3.8, 4) is 0 Å². The summed E-state index contributed by atoms with van der Waals surface area (Å²) in [7, 11) is 1.78. The van der Waals surface area contributed by atoms with Crippen LogP contribution in [0, 0.1) is 16.3 Å². The summed E-state index contributed by atoms with van der Waals surface area (Å²) in [5.41, 5.74) is 2.34. The second kappa shape index (κ2) is 4.73. The molecule has 3 nitrogen and oxygen atoms in total. The average molecular weight is 346 g/mol. The molecule has 17 heavy (non-hydrogen) atoms. The van der Waals surface area contributed by atoms with Crippen molar-refractivity contribution in [3.05, 3.63) is 50.6 Å². The highest BCUT2D eigenvalue weighted by molar-refractivity contribution is 14.1. The number of nitrogens with zero attached hydrogens (tertiary/aromatic N) is 2. The Balaban J connectivity index is 2.47. The second-order valence-electron chi connectivity index (χ2n) is 3.90. The number of rotatable bonds is 2. The van der Waals surface area contributed by atoms with Crippen LogP contribution in [0.4, 0.5) is 4.39 Å². The van der Waals surface area contributed by atoms with Crippen molar-refractivity contribution in [2.75, 3.05) is 0 Å². The lowest BCUT2D eigenvalue weighted by molar-refractivity contribution is 0.208. The molecule has 5 heteroatoms. The van der Waals surface area contributed by atoms with E-state index in [1.54, 1.807) is 24.0 Å². The zero-order valence-corrected chi connectivity index (χ0v) is 11.6. The Labute approximate surface area is 112 Å². The van der Waals surface area contributed by atoms with Crippen molar-refractivity contribution >= 4 is 22.6 Å². The molecule has 1 aromatic carbocycles. The molecule has 90 valence electrons. The molecule has 1 N–H and O–H groups in total. The Kier molecular flexibility index (Phi) is 3.48. The monoisotopic (exact) mass is 346 g/mol. The molecule has 0 bridgehead atoms. The summed E-state index contributed by atoms with van der Waals surface area (Å²) in [5.74, 6) is -0.299. The van der Waals surface area contributed by atoms with E-state index in [0.29, 0.717) is 9.13 Å². The molecule has 0 saturated carbocycles. The second-order valence-corrected chi connectivity index (χ2v) is 5.07. The van der Waals surface area contributed by atoms with E-state index in [1.165, 1.54) is 12.1 Å². The zero-order chi connectivity index (χ0) is 12.6. The van der Waals surface area contributed by atoms with Crippen molar-refractivity contribution < 1.29 is 9.50 Å². The Bertz CT molecular complexity index is 534. The molecular weight excluding hydrogens is 334 g/mol. The fourth-order valence-electron chi connectivity index (χ4n) is 1.82. The van der Waals surface area contributed by atoms with Gasteiger partial charge in [0.15, 0.2) is 0 Å². The fraction of sp³-hybridized carbons (Fsp3) is 0.250. The van der Waals surface area contributed by atoms with Crippen LogP contribution in [0.25, 0.3) is 0 Å². The van der Waals surface area contributed by atoms with Gasteiger partial charge in [-0.1, -0.05) is 6.07 Å².